The van der Waals surface area contributed by atoms with Gasteiger partial charge in [0.15, 0.2) is 0 Å². The van der Waals surface area contributed by atoms with Gasteiger partial charge in [-0.25, -0.2) is 4.90 Å². The van der Waals surface area contributed by atoms with Crippen LogP contribution in [0, 0.1) is 5.92 Å². The lowest BCUT2D eigenvalue weighted by Crippen LogP contribution is -2.45. The predicted octanol–water partition coefficient (Wildman–Crippen LogP) is 1.52. The van der Waals surface area contributed by atoms with Crippen molar-refractivity contribution < 1.29 is 9.59 Å². The second kappa shape index (κ2) is 3.03. The maximum atomic E-state index is 12.2. The van der Waals surface area contributed by atoms with Gasteiger partial charge in [-0.2, -0.15) is 0 Å². The molecule has 0 fully saturated rings. The van der Waals surface area contributed by atoms with Gasteiger partial charge in [0.05, 0.1) is 0 Å². The van der Waals surface area contributed by atoms with Gasteiger partial charge < -0.3 is 0 Å². The molecule has 16 heavy (non-hydrogen) atoms. The summed E-state index contributed by atoms with van der Waals surface area (Å²) in [5.74, 6) is 0.215. The van der Waals surface area contributed by atoms with E-state index in [0.717, 1.165) is 5.57 Å². The van der Waals surface area contributed by atoms with Crippen LogP contribution in [-0.4, -0.2) is 28.1 Å². The van der Waals surface area contributed by atoms with E-state index in [-0.39, 0.29) is 17.7 Å². The van der Waals surface area contributed by atoms with Crippen molar-refractivity contribution >= 4 is 17.6 Å². The van der Waals surface area contributed by atoms with E-state index >= 15 is 0 Å². The molecule has 0 N–H and O–H groups in total. The minimum atomic E-state index is -0.785. The van der Waals surface area contributed by atoms with Gasteiger partial charge in [-0.15, -0.1) is 0 Å². The van der Waals surface area contributed by atoms with E-state index in [4.69, 9.17) is 0 Å². The molecule has 2 heterocycles. The zero-order valence-electron chi connectivity index (χ0n) is 10.3. The van der Waals surface area contributed by atoms with Crippen molar-refractivity contribution in [2.75, 3.05) is 0 Å². The highest BCUT2D eigenvalue weighted by atomic mass is 16.2. The number of amides is 2. The Labute approximate surface area is 95.0 Å². The van der Waals surface area contributed by atoms with E-state index in [1.165, 1.54) is 4.90 Å². The molecular formula is C12H16N2O2. The summed E-state index contributed by atoms with van der Waals surface area (Å²) in [5, 5.41) is 0. The summed E-state index contributed by atoms with van der Waals surface area (Å²) in [6.45, 7) is 9.26. The third-order valence-corrected chi connectivity index (χ3v) is 3.73. The first-order chi connectivity index (χ1) is 7.30. The fourth-order valence-corrected chi connectivity index (χ4v) is 1.95. The summed E-state index contributed by atoms with van der Waals surface area (Å²) in [5.41, 5.74) is 0.660. The first-order valence-corrected chi connectivity index (χ1v) is 5.47. The molecule has 0 aromatic carbocycles. The Morgan fingerprint density at radius 3 is 2.19 bits per heavy atom. The third kappa shape index (κ3) is 1.07. The van der Waals surface area contributed by atoms with Crippen LogP contribution in [0.15, 0.2) is 16.1 Å². The van der Waals surface area contributed by atoms with E-state index in [9.17, 15) is 9.59 Å². The molecule has 86 valence electrons. The molecule has 0 aromatic rings. The van der Waals surface area contributed by atoms with Crippen LogP contribution in [0.3, 0.4) is 0 Å². The summed E-state index contributed by atoms with van der Waals surface area (Å²) in [7, 11) is 0. The molecule has 0 saturated heterocycles. The van der Waals surface area contributed by atoms with Crippen LogP contribution < -0.4 is 0 Å². The van der Waals surface area contributed by atoms with Crippen molar-refractivity contribution in [2.45, 2.75) is 40.2 Å². The van der Waals surface area contributed by atoms with Gasteiger partial charge in [0.25, 0.3) is 11.8 Å². The largest absolute Gasteiger partial charge is 0.271 e. The Morgan fingerprint density at radius 1 is 1.19 bits per heavy atom. The minimum absolute atomic E-state index is 0.0824. The number of rotatable bonds is 1. The number of carbonyl (C=O) groups is 2. The molecule has 1 unspecified atom stereocenters. The first kappa shape index (κ1) is 11.0. The minimum Gasteiger partial charge on any atom is -0.271 e. The maximum Gasteiger partial charge on any atom is 0.263 e. The summed E-state index contributed by atoms with van der Waals surface area (Å²) in [4.78, 5) is 29.8. The highest BCUT2D eigenvalue weighted by molar-refractivity contribution is 6.32. The second-order valence-corrected chi connectivity index (χ2v) is 4.93. The highest BCUT2D eigenvalue weighted by Crippen LogP contribution is 2.36. The molecule has 0 bridgehead atoms. The second-order valence-electron chi connectivity index (χ2n) is 4.93. The number of fused-ring (bicyclic) bond motifs is 1. The normalized spacial score (nSPS) is 29.4. The molecule has 0 aliphatic carbocycles. The number of hydrogen-bond donors (Lipinski definition) is 0. The quantitative estimate of drug-likeness (QED) is 0.629. The molecule has 0 spiro atoms. The summed E-state index contributed by atoms with van der Waals surface area (Å²) >= 11 is 0. The molecule has 4 heteroatoms. The zero-order valence-corrected chi connectivity index (χ0v) is 10.3. The van der Waals surface area contributed by atoms with E-state index in [1.54, 1.807) is 13.8 Å². The summed E-state index contributed by atoms with van der Waals surface area (Å²) in [6, 6.07) is 0. The molecule has 2 amide bonds. The van der Waals surface area contributed by atoms with Gasteiger partial charge in [0.1, 0.15) is 11.4 Å². The average Bonchev–Trinajstić information content (AvgIpc) is 2.59. The fourth-order valence-electron chi connectivity index (χ4n) is 1.95. The highest BCUT2D eigenvalue weighted by Gasteiger charge is 2.52. The summed E-state index contributed by atoms with van der Waals surface area (Å²) < 4.78 is 0. The molecule has 2 rings (SSSR count). The predicted molar refractivity (Wildman–Crippen MR) is 60.9 cm³/mol. The van der Waals surface area contributed by atoms with Crippen LogP contribution in [-0.2, 0) is 9.59 Å². The van der Waals surface area contributed by atoms with Crippen LogP contribution in [0.5, 0.6) is 0 Å². The third-order valence-electron chi connectivity index (χ3n) is 3.73. The molecule has 1 atom stereocenters. The van der Waals surface area contributed by atoms with Crippen LogP contribution >= 0.6 is 0 Å². The number of hydrogen-bond acceptors (Lipinski definition) is 3. The number of aliphatic imine (C=N–C) groups is 1. The molecule has 4 nitrogen and oxygen atoms in total. The van der Waals surface area contributed by atoms with Gasteiger partial charge in [0, 0.05) is 11.1 Å². The van der Waals surface area contributed by atoms with Crippen molar-refractivity contribution in [3.8, 4) is 0 Å². The lowest BCUT2D eigenvalue weighted by Gasteiger charge is -2.24. The van der Waals surface area contributed by atoms with Crippen LogP contribution in [0.2, 0.25) is 0 Å². The SMILES string of the molecule is CC1=C(C)C2=NC(C)(C(C)C)C(=O)N2C1=O. The monoisotopic (exact) mass is 220 g/mol. The Balaban J connectivity index is 2.56. The van der Waals surface area contributed by atoms with E-state index in [0.29, 0.717) is 11.4 Å². The Morgan fingerprint density at radius 2 is 1.75 bits per heavy atom. The van der Waals surface area contributed by atoms with Crippen molar-refractivity contribution in [1.29, 1.82) is 0 Å². The van der Waals surface area contributed by atoms with Gasteiger partial charge in [-0.05, 0) is 26.7 Å². The van der Waals surface area contributed by atoms with Crippen molar-refractivity contribution in [3.05, 3.63) is 11.1 Å². The molecule has 0 saturated carbocycles. The van der Waals surface area contributed by atoms with Gasteiger partial charge >= 0.3 is 0 Å². The Kier molecular flexibility index (Phi) is 2.09. The Bertz CT molecular complexity index is 460. The Hall–Kier alpha value is -1.45. The van der Waals surface area contributed by atoms with Crippen LogP contribution in [0.25, 0.3) is 0 Å². The topological polar surface area (TPSA) is 49.7 Å². The van der Waals surface area contributed by atoms with E-state index in [1.807, 2.05) is 20.8 Å². The zero-order chi connectivity index (χ0) is 12.2. The molecular weight excluding hydrogens is 204 g/mol. The average molecular weight is 220 g/mol. The van der Waals surface area contributed by atoms with Crippen LogP contribution in [0.1, 0.15) is 34.6 Å². The number of imide groups is 1. The number of nitrogens with zero attached hydrogens (tertiary/aromatic N) is 2. The van der Waals surface area contributed by atoms with Gasteiger partial charge in [-0.1, -0.05) is 13.8 Å². The van der Waals surface area contributed by atoms with Crippen molar-refractivity contribution in [2.24, 2.45) is 10.9 Å². The molecule has 2 aliphatic heterocycles. The maximum absolute atomic E-state index is 12.2. The van der Waals surface area contributed by atoms with E-state index < -0.39 is 5.54 Å². The van der Waals surface area contributed by atoms with Gasteiger partial charge in [-0.3, -0.25) is 14.6 Å². The van der Waals surface area contributed by atoms with Crippen molar-refractivity contribution in [3.63, 3.8) is 0 Å². The number of carbonyl (C=O) groups excluding carboxylic acids is 2. The smallest absolute Gasteiger partial charge is 0.263 e. The lowest BCUT2D eigenvalue weighted by atomic mass is 9.88. The number of amidine groups is 1. The standard InChI is InChI=1S/C12H16N2O2/c1-6(2)12(5)11(16)14-9(13-12)7(3)8(4)10(14)15/h6H,1-5H3. The molecule has 0 aromatic heterocycles. The summed E-state index contributed by atoms with van der Waals surface area (Å²) in [6.07, 6.45) is 0. The van der Waals surface area contributed by atoms with E-state index in [2.05, 4.69) is 4.99 Å². The van der Waals surface area contributed by atoms with Gasteiger partial charge in [0.2, 0.25) is 0 Å². The van der Waals surface area contributed by atoms with Crippen LogP contribution in [0.4, 0.5) is 0 Å². The molecule has 0 radical (unpaired) electrons. The lowest BCUT2D eigenvalue weighted by molar-refractivity contribution is -0.139. The molecule has 2 aliphatic rings. The fraction of sp³-hybridized carbons (Fsp3) is 0.583. The first-order valence-electron chi connectivity index (χ1n) is 5.47. The van der Waals surface area contributed by atoms with Crippen molar-refractivity contribution in [1.82, 2.24) is 4.90 Å².